The van der Waals surface area contributed by atoms with Crippen LogP contribution < -0.4 is 10.5 Å². The van der Waals surface area contributed by atoms with Crippen LogP contribution in [0.1, 0.15) is 38.2 Å². The minimum atomic E-state index is 0.198. The van der Waals surface area contributed by atoms with Gasteiger partial charge in [0.05, 0.1) is 12.3 Å². The zero-order chi connectivity index (χ0) is 11.5. The molecule has 0 bridgehead atoms. The van der Waals surface area contributed by atoms with Crippen LogP contribution in [0, 0.1) is 5.92 Å². The molecule has 1 aliphatic rings. The van der Waals surface area contributed by atoms with E-state index in [1.165, 1.54) is 18.4 Å². The highest BCUT2D eigenvalue weighted by atomic mass is 16.5. The van der Waals surface area contributed by atoms with Crippen molar-refractivity contribution in [1.82, 2.24) is 4.98 Å². The normalized spacial score (nSPS) is 24.2. The zero-order valence-corrected chi connectivity index (χ0v) is 10.0. The number of nitrogens with two attached hydrogens (primary N) is 1. The van der Waals surface area contributed by atoms with Gasteiger partial charge in [-0.25, -0.2) is 0 Å². The molecule has 0 radical (unpaired) electrons. The summed E-state index contributed by atoms with van der Waals surface area (Å²) in [5, 5.41) is 0. The fraction of sp³-hybridized carbons (Fsp3) is 0.615. The Kier molecular flexibility index (Phi) is 3.44. The van der Waals surface area contributed by atoms with E-state index in [4.69, 9.17) is 10.5 Å². The molecule has 1 fully saturated rings. The lowest BCUT2D eigenvalue weighted by Crippen LogP contribution is -2.30. The van der Waals surface area contributed by atoms with Gasteiger partial charge in [-0.15, -0.1) is 0 Å². The smallest absolute Gasteiger partial charge is 0.138 e. The molecule has 0 saturated heterocycles. The Morgan fingerprint density at radius 3 is 2.81 bits per heavy atom. The van der Waals surface area contributed by atoms with Crippen LogP contribution in [-0.2, 0) is 0 Å². The molecule has 1 aromatic rings. The van der Waals surface area contributed by atoms with Gasteiger partial charge in [0.15, 0.2) is 0 Å². The van der Waals surface area contributed by atoms with Gasteiger partial charge in [0.25, 0.3) is 0 Å². The molecule has 88 valence electrons. The molecule has 0 aliphatic heterocycles. The highest BCUT2D eigenvalue weighted by Gasteiger charge is 2.31. The van der Waals surface area contributed by atoms with Crippen molar-refractivity contribution in [2.24, 2.45) is 11.7 Å². The van der Waals surface area contributed by atoms with Crippen LogP contribution in [0.15, 0.2) is 18.5 Å². The van der Waals surface area contributed by atoms with E-state index in [1.54, 1.807) is 6.20 Å². The van der Waals surface area contributed by atoms with Crippen molar-refractivity contribution in [1.29, 1.82) is 0 Å². The summed E-state index contributed by atoms with van der Waals surface area (Å²) < 4.78 is 5.65. The first-order chi connectivity index (χ1) is 7.70. The molecule has 2 N–H and O–H groups in total. The van der Waals surface area contributed by atoms with Crippen molar-refractivity contribution in [2.75, 3.05) is 6.54 Å². The first-order valence-corrected chi connectivity index (χ1v) is 6.02. The van der Waals surface area contributed by atoms with Crippen LogP contribution in [0.4, 0.5) is 0 Å². The third-order valence-electron chi connectivity index (χ3n) is 3.25. The molecule has 2 unspecified atom stereocenters. The van der Waals surface area contributed by atoms with Gasteiger partial charge < -0.3 is 10.5 Å². The molecule has 16 heavy (non-hydrogen) atoms. The monoisotopic (exact) mass is 220 g/mol. The average molecular weight is 220 g/mol. The number of ether oxygens (including phenoxy) is 1. The number of pyridine rings is 1. The van der Waals surface area contributed by atoms with Gasteiger partial charge in [0, 0.05) is 6.20 Å². The minimum absolute atomic E-state index is 0.198. The van der Waals surface area contributed by atoms with Crippen LogP contribution in [0.25, 0.3) is 0 Å². The second-order valence-corrected chi connectivity index (χ2v) is 4.80. The van der Waals surface area contributed by atoms with E-state index in [9.17, 15) is 0 Å². The maximum absolute atomic E-state index is 5.73. The highest BCUT2D eigenvalue weighted by Crippen LogP contribution is 2.42. The lowest BCUT2D eigenvalue weighted by molar-refractivity contribution is 0.237. The Bertz CT molecular complexity index is 350. The second kappa shape index (κ2) is 4.83. The van der Waals surface area contributed by atoms with Crippen molar-refractivity contribution in [3.63, 3.8) is 0 Å². The van der Waals surface area contributed by atoms with Gasteiger partial charge in [-0.3, -0.25) is 4.98 Å². The summed E-state index contributed by atoms with van der Waals surface area (Å²) in [7, 11) is 0. The van der Waals surface area contributed by atoms with Gasteiger partial charge in [-0.2, -0.15) is 0 Å². The summed E-state index contributed by atoms with van der Waals surface area (Å²) in [4.78, 5) is 4.24. The van der Waals surface area contributed by atoms with Crippen molar-refractivity contribution in [3.05, 3.63) is 24.0 Å². The number of aromatic nitrogens is 1. The number of hydrogen-bond donors (Lipinski definition) is 1. The van der Waals surface area contributed by atoms with Crippen molar-refractivity contribution < 1.29 is 4.74 Å². The molecule has 3 nitrogen and oxygen atoms in total. The van der Waals surface area contributed by atoms with Gasteiger partial charge in [0.1, 0.15) is 5.75 Å². The number of nitrogens with zero attached hydrogens (tertiary/aromatic N) is 1. The van der Waals surface area contributed by atoms with E-state index in [2.05, 4.69) is 11.1 Å². The van der Waals surface area contributed by atoms with Crippen molar-refractivity contribution >= 4 is 0 Å². The maximum atomic E-state index is 5.73. The highest BCUT2D eigenvalue weighted by molar-refractivity contribution is 5.28. The minimum Gasteiger partial charge on any atom is -0.489 e. The van der Waals surface area contributed by atoms with Crippen LogP contribution in [0.2, 0.25) is 0 Å². The standard InChI is InChI=1S/C13H20N2O/c1-9(2)16-12-5-11(7-15-8-12)13-4-3-10(13)6-14/h5,7-10,13H,3-4,6,14H2,1-2H3. The summed E-state index contributed by atoms with van der Waals surface area (Å²) in [6.07, 6.45) is 6.40. The van der Waals surface area contributed by atoms with E-state index in [0.717, 1.165) is 12.3 Å². The zero-order valence-electron chi connectivity index (χ0n) is 10.0. The predicted octanol–water partition coefficient (Wildman–Crippen LogP) is 2.32. The maximum Gasteiger partial charge on any atom is 0.138 e. The molecule has 0 spiro atoms. The van der Waals surface area contributed by atoms with E-state index in [1.807, 2.05) is 20.0 Å². The van der Waals surface area contributed by atoms with E-state index >= 15 is 0 Å². The molecule has 2 atom stereocenters. The summed E-state index contributed by atoms with van der Waals surface area (Å²) in [5.74, 6) is 2.10. The predicted molar refractivity (Wildman–Crippen MR) is 64.5 cm³/mol. The summed E-state index contributed by atoms with van der Waals surface area (Å²) in [6, 6.07) is 2.11. The summed E-state index contributed by atoms with van der Waals surface area (Å²) in [5.41, 5.74) is 7.01. The third-order valence-corrected chi connectivity index (χ3v) is 3.25. The topological polar surface area (TPSA) is 48.1 Å². The Morgan fingerprint density at radius 1 is 1.44 bits per heavy atom. The van der Waals surface area contributed by atoms with E-state index in [0.29, 0.717) is 11.8 Å². The van der Waals surface area contributed by atoms with E-state index < -0.39 is 0 Å². The first kappa shape index (κ1) is 11.4. The molecule has 1 saturated carbocycles. The number of rotatable bonds is 4. The van der Waals surface area contributed by atoms with Gasteiger partial charge in [-0.1, -0.05) is 0 Å². The molecule has 0 amide bonds. The van der Waals surface area contributed by atoms with Crippen LogP contribution in [-0.4, -0.2) is 17.6 Å². The molecule has 1 heterocycles. The molecule has 3 heteroatoms. The first-order valence-electron chi connectivity index (χ1n) is 6.02. The lowest BCUT2D eigenvalue weighted by Gasteiger charge is -2.36. The Hall–Kier alpha value is -1.09. The van der Waals surface area contributed by atoms with Crippen LogP contribution >= 0.6 is 0 Å². The van der Waals surface area contributed by atoms with E-state index in [-0.39, 0.29) is 6.10 Å². The van der Waals surface area contributed by atoms with Gasteiger partial charge in [-0.05, 0) is 56.7 Å². The van der Waals surface area contributed by atoms with Gasteiger partial charge >= 0.3 is 0 Å². The Morgan fingerprint density at radius 2 is 2.25 bits per heavy atom. The molecule has 1 aliphatic carbocycles. The van der Waals surface area contributed by atoms with Crippen LogP contribution in [0.3, 0.4) is 0 Å². The SMILES string of the molecule is CC(C)Oc1cncc(C2CCC2CN)c1. The van der Waals surface area contributed by atoms with Crippen LogP contribution in [0.5, 0.6) is 5.75 Å². The average Bonchev–Trinajstić information content (AvgIpc) is 2.16. The van der Waals surface area contributed by atoms with Gasteiger partial charge in [0.2, 0.25) is 0 Å². The molecule has 2 rings (SSSR count). The molecule has 1 aromatic heterocycles. The van der Waals surface area contributed by atoms with Crippen molar-refractivity contribution in [3.8, 4) is 5.75 Å². The Labute approximate surface area is 97.0 Å². The Balaban J connectivity index is 2.10. The fourth-order valence-corrected chi connectivity index (χ4v) is 2.26. The molecule has 0 aromatic carbocycles. The largest absolute Gasteiger partial charge is 0.489 e. The quantitative estimate of drug-likeness (QED) is 0.847. The molecular weight excluding hydrogens is 200 g/mol. The number of hydrogen-bond acceptors (Lipinski definition) is 3. The second-order valence-electron chi connectivity index (χ2n) is 4.80. The molecular formula is C13H20N2O. The summed E-state index contributed by atoms with van der Waals surface area (Å²) >= 11 is 0. The third kappa shape index (κ3) is 2.35. The lowest BCUT2D eigenvalue weighted by atomic mass is 9.70. The fourth-order valence-electron chi connectivity index (χ4n) is 2.26. The summed E-state index contributed by atoms with van der Waals surface area (Å²) in [6.45, 7) is 4.83. The van der Waals surface area contributed by atoms with Crippen molar-refractivity contribution in [2.45, 2.75) is 38.7 Å².